The van der Waals surface area contributed by atoms with Crippen LogP contribution in [0.25, 0.3) is 10.8 Å². The first-order valence-corrected chi connectivity index (χ1v) is 12.2. The van der Waals surface area contributed by atoms with E-state index in [0.717, 1.165) is 12.1 Å². The Balaban J connectivity index is 1.45. The fourth-order valence-electron chi connectivity index (χ4n) is 4.94. The Morgan fingerprint density at radius 1 is 0.872 bits per heavy atom. The second-order valence-corrected chi connectivity index (χ2v) is 9.36. The number of imide groups is 1. The first-order valence-electron chi connectivity index (χ1n) is 12.2. The van der Waals surface area contributed by atoms with Crippen LogP contribution in [0, 0.1) is 0 Å². The van der Waals surface area contributed by atoms with Gasteiger partial charge in [0.05, 0.1) is 16.7 Å². The van der Waals surface area contributed by atoms with E-state index in [2.05, 4.69) is 0 Å². The minimum absolute atomic E-state index is 0.143. The molecule has 0 saturated heterocycles. The van der Waals surface area contributed by atoms with E-state index in [4.69, 9.17) is 10.5 Å². The van der Waals surface area contributed by atoms with Gasteiger partial charge in [-0.3, -0.25) is 19.3 Å². The van der Waals surface area contributed by atoms with Crippen LogP contribution in [0.3, 0.4) is 0 Å². The lowest BCUT2D eigenvalue weighted by Crippen LogP contribution is -2.31. The fourth-order valence-corrected chi connectivity index (χ4v) is 4.94. The quantitative estimate of drug-likeness (QED) is 0.274. The van der Waals surface area contributed by atoms with Gasteiger partial charge in [-0.05, 0) is 77.9 Å². The molecule has 0 aliphatic carbocycles. The highest BCUT2D eigenvalue weighted by atomic mass is 19.4. The number of ether oxygens (including phenoxy) is 1. The number of hydrogen-bond acceptors (Lipinski definition) is 4. The highest BCUT2D eigenvalue weighted by Crippen LogP contribution is 2.38. The van der Waals surface area contributed by atoms with Crippen LogP contribution >= 0.6 is 0 Å². The number of halogens is 3. The summed E-state index contributed by atoms with van der Waals surface area (Å²) in [5.74, 6) is -1.03. The minimum Gasteiger partial charge on any atom is -0.457 e. The Morgan fingerprint density at radius 3 is 2.10 bits per heavy atom. The molecule has 1 aliphatic rings. The number of carbonyl (C=O) groups is 3. The van der Waals surface area contributed by atoms with Crippen molar-refractivity contribution in [3.8, 4) is 11.5 Å². The lowest BCUT2D eigenvalue weighted by molar-refractivity contribution is -0.137. The summed E-state index contributed by atoms with van der Waals surface area (Å²) in [4.78, 5) is 39.1. The van der Waals surface area contributed by atoms with E-state index in [9.17, 15) is 27.6 Å². The molecule has 1 atom stereocenters. The van der Waals surface area contributed by atoms with Crippen molar-refractivity contribution in [2.75, 3.05) is 6.54 Å². The number of fused-ring (bicyclic) bond motifs is 2. The number of primary amides is 1. The predicted molar refractivity (Wildman–Crippen MR) is 139 cm³/mol. The monoisotopic (exact) mass is 532 g/mol. The van der Waals surface area contributed by atoms with Crippen molar-refractivity contribution < 1.29 is 32.3 Å². The Morgan fingerprint density at radius 2 is 1.51 bits per heavy atom. The van der Waals surface area contributed by atoms with Gasteiger partial charge >= 0.3 is 6.18 Å². The maximum absolute atomic E-state index is 12.9. The molecular weight excluding hydrogens is 509 g/mol. The number of rotatable bonds is 7. The summed E-state index contributed by atoms with van der Waals surface area (Å²) >= 11 is 0. The van der Waals surface area contributed by atoms with Crippen molar-refractivity contribution in [1.29, 1.82) is 0 Å². The number of hydrogen-bond donors (Lipinski definition) is 1. The molecule has 198 valence electrons. The number of benzene rings is 4. The van der Waals surface area contributed by atoms with Crippen molar-refractivity contribution in [2.45, 2.75) is 25.4 Å². The van der Waals surface area contributed by atoms with E-state index in [-0.39, 0.29) is 30.0 Å². The topological polar surface area (TPSA) is 89.7 Å². The standard InChI is InChI=1S/C30H23F3N2O4/c1-17(15-16-35-28(37)22-5-2-3-6-23(22)29(35)38)26-21-7-4-8-25(20(21)13-14-24(26)27(34)36)39-19-11-9-18(10-12-19)30(31,32)33/h2-14,17H,15-16H2,1H3,(H2,34,36). The Labute approximate surface area is 221 Å². The molecule has 0 spiro atoms. The maximum Gasteiger partial charge on any atom is 0.416 e. The molecule has 0 aromatic heterocycles. The van der Waals surface area contributed by atoms with Gasteiger partial charge in [-0.25, -0.2) is 0 Å². The molecule has 0 bridgehead atoms. The van der Waals surface area contributed by atoms with Crippen LogP contribution in [-0.4, -0.2) is 29.2 Å². The first kappa shape index (κ1) is 26.0. The average molecular weight is 533 g/mol. The molecule has 39 heavy (non-hydrogen) atoms. The molecule has 0 fully saturated rings. The van der Waals surface area contributed by atoms with E-state index in [1.165, 1.54) is 17.0 Å². The van der Waals surface area contributed by atoms with Gasteiger partial charge in [0, 0.05) is 17.5 Å². The number of nitrogens with two attached hydrogens (primary N) is 1. The summed E-state index contributed by atoms with van der Waals surface area (Å²) < 4.78 is 44.7. The van der Waals surface area contributed by atoms with Crippen LogP contribution in [-0.2, 0) is 6.18 Å². The largest absolute Gasteiger partial charge is 0.457 e. The molecular formula is C30H23F3N2O4. The summed E-state index contributed by atoms with van der Waals surface area (Å²) in [6, 6.07) is 19.5. The molecule has 0 saturated carbocycles. The molecule has 0 radical (unpaired) electrons. The zero-order valence-electron chi connectivity index (χ0n) is 20.8. The van der Waals surface area contributed by atoms with E-state index in [0.29, 0.717) is 45.2 Å². The zero-order valence-corrected chi connectivity index (χ0v) is 20.8. The van der Waals surface area contributed by atoms with Gasteiger partial charge in [0.1, 0.15) is 11.5 Å². The zero-order chi connectivity index (χ0) is 27.9. The van der Waals surface area contributed by atoms with Gasteiger partial charge < -0.3 is 10.5 Å². The average Bonchev–Trinajstić information content (AvgIpc) is 3.15. The summed E-state index contributed by atoms with van der Waals surface area (Å²) in [6.45, 7) is 2.02. The van der Waals surface area contributed by atoms with Gasteiger partial charge in [0.15, 0.2) is 0 Å². The van der Waals surface area contributed by atoms with E-state index in [1.54, 1.807) is 54.6 Å². The van der Waals surface area contributed by atoms with Gasteiger partial charge in [-0.2, -0.15) is 13.2 Å². The van der Waals surface area contributed by atoms with Crippen molar-refractivity contribution in [3.05, 3.63) is 107 Å². The molecule has 4 aromatic rings. The highest BCUT2D eigenvalue weighted by Gasteiger charge is 2.35. The lowest BCUT2D eigenvalue weighted by Gasteiger charge is -2.21. The number of carbonyl (C=O) groups excluding carboxylic acids is 3. The third-order valence-corrected chi connectivity index (χ3v) is 6.89. The van der Waals surface area contributed by atoms with Crippen molar-refractivity contribution in [1.82, 2.24) is 4.90 Å². The summed E-state index contributed by atoms with van der Waals surface area (Å²) in [5, 5.41) is 1.30. The molecule has 1 aliphatic heterocycles. The normalized spacial score (nSPS) is 14.0. The Bertz CT molecular complexity index is 1580. The van der Waals surface area contributed by atoms with Gasteiger partial charge in [-0.15, -0.1) is 0 Å². The predicted octanol–water partition coefficient (Wildman–Crippen LogP) is 6.54. The third kappa shape index (κ3) is 4.83. The van der Waals surface area contributed by atoms with E-state index >= 15 is 0 Å². The fraction of sp³-hybridized carbons (Fsp3) is 0.167. The molecule has 1 unspecified atom stereocenters. The molecule has 6 nitrogen and oxygen atoms in total. The van der Waals surface area contributed by atoms with Crippen LogP contribution in [0.4, 0.5) is 13.2 Å². The van der Waals surface area contributed by atoms with Crippen LogP contribution in [0.15, 0.2) is 78.9 Å². The van der Waals surface area contributed by atoms with Crippen molar-refractivity contribution >= 4 is 28.5 Å². The van der Waals surface area contributed by atoms with Crippen molar-refractivity contribution in [2.24, 2.45) is 5.73 Å². The van der Waals surface area contributed by atoms with Crippen molar-refractivity contribution in [3.63, 3.8) is 0 Å². The van der Waals surface area contributed by atoms with Crippen LogP contribution in [0.1, 0.15) is 61.5 Å². The van der Waals surface area contributed by atoms with Gasteiger partial charge in [0.25, 0.3) is 11.8 Å². The molecule has 5 rings (SSSR count). The molecule has 2 N–H and O–H groups in total. The molecule has 9 heteroatoms. The SMILES string of the molecule is CC(CCN1C(=O)c2ccccc2C1=O)c1c(C(N)=O)ccc2c(Oc3ccc(C(F)(F)F)cc3)cccc12. The maximum atomic E-state index is 12.9. The second-order valence-electron chi connectivity index (χ2n) is 9.36. The van der Waals surface area contributed by atoms with Gasteiger partial charge in [0.2, 0.25) is 5.91 Å². The minimum atomic E-state index is -4.46. The van der Waals surface area contributed by atoms with E-state index in [1.807, 2.05) is 6.92 Å². The number of amides is 3. The highest BCUT2D eigenvalue weighted by molar-refractivity contribution is 6.21. The number of alkyl halides is 3. The van der Waals surface area contributed by atoms with Gasteiger partial charge in [-0.1, -0.05) is 31.2 Å². The smallest absolute Gasteiger partial charge is 0.416 e. The first-order chi connectivity index (χ1) is 18.6. The lowest BCUT2D eigenvalue weighted by atomic mass is 9.87. The molecule has 3 amide bonds. The van der Waals surface area contributed by atoms with E-state index < -0.39 is 17.6 Å². The number of nitrogens with zero attached hydrogens (tertiary/aromatic N) is 1. The van der Waals surface area contributed by atoms with Crippen LogP contribution < -0.4 is 10.5 Å². The third-order valence-electron chi connectivity index (χ3n) is 6.89. The summed E-state index contributed by atoms with van der Waals surface area (Å²) in [6.07, 6.45) is -4.09. The Kier molecular flexibility index (Phi) is 6.59. The van der Waals surface area contributed by atoms with Crippen LogP contribution in [0.2, 0.25) is 0 Å². The molecule has 4 aromatic carbocycles. The summed E-state index contributed by atoms with van der Waals surface area (Å²) in [7, 11) is 0. The molecule has 1 heterocycles. The summed E-state index contributed by atoms with van der Waals surface area (Å²) in [5.41, 5.74) is 6.57. The second kappa shape index (κ2) is 9.90. The van der Waals surface area contributed by atoms with Crippen LogP contribution in [0.5, 0.6) is 11.5 Å². The Hall–Kier alpha value is -4.66.